The molecular weight excluding hydrogens is 482 g/mol. The Morgan fingerprint density at radius 3 is 2.26 bits per heavy atom. The number of methoxy groups -OCH3 is 2. The summed E-state index contributed by atoms with van der Waals surface area (Å²) in [4.78, 5) is 11.8. The second-order valence-electron chi connectivity index (χ2n) is 10.5. The van der Waals surface area contributed by atoms with Crippen LogP contribution in [0.1, 0.15) is 61.4 Å². The summed E-state index contributed by atoms with van der Waals surface area (Å²) in [6, 6.07) is 25.9. The summed E-state index contributed by atoms with van der Waals surface area (Å²) in [6.45, 7) is 4.82. The minimum Gasteiger partial charge on any atom is -0.493 e. The molecule has 0 saturated carbocycles. The number of aromatic nitrogens is 1. The lowest BCUT2D eigenvalue weighted by Crippen LogP contribution is -2.46. The summed E-state index contributed by atoms with van der Waals surface area (Å²) < 4.78 is 11.3. The Balaban J connectivity index is 1.58. The van der Waals surface area contributed by atoms with Gasteiger partial charge in [0.15, 0.2) is 11.5 Å². The van der Waals surface area contributed by atoms with Gasteiger partial charge in [0.25, 0.3) is 0 Å². The van der Waals surface area contributed by atoms with Crippen LogP contribution in [-0.2, 0) is 19.5 Å². The quantitative estimate of drug-likeness (QED) is 0.195. The van der Waals surface area contributed by atoms with Gasteiger partial charge < -0.3 is 14.5 Å². The molecule has 1 aromatic heterocycles. The first-order valence-corrected chi connectivity index (χ1v) is 14.3. The Hall–Kier alpha value is -3.57. The average molecular weight is 524 g/mol. The maximum Gasteiger partial charge on any atom is 0.162 e. The zero-order valence-electron chi connectivity index (χ0n) is 23.6. The van der Waals surface area contributed by atoms with Crippen LogP contribution in [0.3, 0.4) is 0 Å². The van der Waals surface area contributed by atoms with Crippen LogP contribution in [-0.4, -0.2) is 42.4 Å². The number of nitrogens with one attached hydrogen (secondary N) is 1. The lowest BCUT2D eigenvalue weighted by atomic mass is 9.90. The maximum atomic E-state index is 5.71. The summed E-state index contributed by atoms with van der Waals surface area (Å²) in [7, 11) is 3.39. The van der Waals surface area contributed by atoms with E-state index < -0.39 is 0 Å². The molecule has 204 valence electrons. The van der Waals surface area contributed by atoms with Crippen LogP contribution in [0.4, 0.5) is 0 Å². The van der Waals surface area contributed by atoms with E-state index in [9.17, 15) is 0 Å². The highest BCUT2D eigenvalue weighted by atomic mass is 16.5. The SMILES string of the molecule is CCCCCCC1C(=NCc2ccccc2)c2c([nH]c3cc(OC)c(OC)cc23)CN1CCc1ccccc1. The maximum absolute atomic E-state index is 5.71. The van der Waals surface area contributed by atoms with Crippen molar-refractivity contribution in [1.29, 1.82) is 0 Å². The molecule has 0 spiro atoms. The van der Waals surface area contributed by atoms with E-state index in [0.717, 1.165) is 48.3 Å². The molecule has 1 atom stereocenters. The van der Waals surface area contributed by atoms with Crippen molar-refractivity contribution in [2.45, 2.75) is 64.6 Å². The largest absolute Gasteiger partial charge is 0.493 e. The first-order valence-electron chi connectivity index (χ1n) is 14.3. The van der Waals surface area contributed by atoms with Gasteiger partial charge in [0, 0.05) is 35.8 Å². The van der Waals surface area contributed by atoms with Crippen LogP contribution in [0.2, 0.25) is 0 Å². The molecule has 1 aliphatic heterocycles. The topological polar surface area (TPSA) is 49.9 Å². The van der Waals surface area contributed by atoms with Gasteiger partial charge in [0.2, 0.25) is 0 Å². The zero-order valence-corrected chi connectivity index (χ0v) is 23.6. The molecule has 0 radical (unpaired) electrons. The predicted octanol–water partition coefficient (Wildman–Crippen LogP) is 7.57. The number of hydrogen-bond donors (Lipinski definition) is 1. The van der Waals surface area contributed by atoms with E-state index in [2.05, 4.69) is 89.6 Å². The minimum absolute atomic E-state index is 0.272. The van der Waals surface area contributed by atoms with Crippen molar-refractivity contribution >= 4 is 16.6 Å². The molecule has 3 aromatic carbocycles. The van der Waals surface area contributed by atoms with Crippen molar-refractivity contribution in [3.63, 3.8) is 0 Å². The van der Waals surface area contributed by atoms with Crippen LogP contribution in [0.25, 0.3) is 10.9 Å². The van der Waals surface area contributed by atoms with Crippen molar-refractivity contribution in [3.05, 3.63) is 95.2 Å². The van der Waals surface area contributed by atoms with Gasteiger partial charge in [-0.05, 0) is 30.0 Å². The molecule has 1 aliphatic rings. The minimum atomic E-state index is 0.272. The number of aliphatic imine (C=N–C) groups is 1. The lowest BCUT2D eigenvalue weighted by molar-refractivity contribution is 0.214. The van der Waals surface area contributed by atoms with E-state index in [4.69, 9.17) is 14.5 Å². The Morgan fingerprint density at radius 1 is 0.872 bits per heavy atom. The number of fused-ring (bicyclic) bond motifs is 3. The zero-order chi connectivity index (χ0) is 27.0. The molecule has 0 fully saturated rings. The summed E-state index contributed by atoms with van der Waals surface area (Å²) >= 11 is 0. The van der Waals surface area contributed by atoms with E-state index in [-0.39, 0.29) is 6.04 Å². The molecule has 2 heterocycles. The van der Waals surface area contributed by atoms with Crippen LogP contribution >= 0.6 is 0 Å². The van der Waals surface area contributed by atoms with Crippen molar-refractivity contribution in [1.82, 2.24) is 9.88 Å². The van der Waals surface area contributed by atoms with E-state index in [1.807, 2.05) is 0 Å². The van der Waals surface area contributed by atoms with Gasteiger partial charge in [-0.25, -0.2) is 0 Å². The van der Waals surface area contributed by atoms with Crippen molar-refractivity contribution in [2.75, 3.05) is 20.8 Å². The monoisotopic (exact) mass is 523 g/mol. The number of unbranched alkanes of at least 4 members (excludes halogenated alkanes) is 3. The highest BCUT2D eigenvalue weighted by molar-refractivity contribution is 6.15. The Labute approximate surface area is 232 Å². The number of ether oxygens (including phenoxy) is 2. The predicted molar refractivity (Wildman–Crippen MR) is 161 cm³/mol. The molecule has 1 N–H and O–H groups in total. The van der Waals surface area contributed by atoms with Crippen LogP contribution in [0.15, 0.2) is 77.8 Å². The number of nitrogens with zero attached hydrogens (tertiary/aromatic N) is 2. The molecule has 39 heavy (non-hydrogen) atoms. The second kappa shape index (κ2) is 13.0. The highest BCUT2D eigenvalue weighted by Gasteiger charge is 2.34. The Kier molecular flexibility index (Phi) is 9.00. The molecule has 1 unspecified atom stereocenters. The van der Waals surface area contributed by atoms with Gasteiger partial charge >= 0.3 is 0 Å². The molecule has 0 aliphatic carbocycles. The lowest BCUT2D eigenvalue weighted by Gasteiger charge is -2.37. The number of H-pyrrole nitrogens is 1. The molecular formula is C34H41N3O2. The van der Waals surface area contributed by atoms with E-state index in [1.54, 1.807) is 14.2 Å². The molecule has 5 heteroatoms. The van der Waals surface area contributed by atoms with Crippen LogP contribution in [0.5, 0.6) is 11.5 Å². The average Bonchev–Trinajstić information content (AvgIpc) is 3.34. The Bertz CT molecular complexity index is 1380. The van der Waals surface area contributed by atoms with Crippen LogP contribution in [0, 0.1) is 0 Å². The normalized spacial score (nSPS) is 16.5. The van der Waals surface area contributed by atoms with Gasteiger partial charge in [-0.1, -0.05) is 93.3 Å². The number of hydrogen-bond acceptors (Lipinski definition) is 4. The van der Waals surface area contributed by atoms with Gasteiger partial charge in [0.1, 0.15) is 0 Å². The fourth-order valence-corrected chi connectivity index (χ4v) is 5.82. The van der Waals surface area contributed by atoms with E-state index >= 15 is 0 Å². The standard InChI is InChI=1S/C34H41N3O2/c1-4-5-6-13-18-30-34(35-23-26-16-11-8-12-17-26)33-27-21-31(38-2)32(39-3)22-28(27)36-29(33)24-37(30)20-19-25-14-9-7-10-15-25/h7-12,14-17,21-22,30,36H,4-6,13,18-20,23-24H2,1-3H3. The van der Waals surface area contributed by atoms with Crippen LogP contribution < -0.4 is 9.47 Å². The van der Waals surface area contributed by atoms with Gasteiger partial charge in [-0.15, -0.1) is 0 Å². The second-order valence-corrected chi connectivity index (χ2v) is 10.5. The fourth-order valence-electron chi connectivity index (χ4n) is 5.82. The fraction of sp³-hybridized carbons (Fsp3) is 0.382. The summed E-state index contributed by atoms with van der Waals surface area (Å²) in [6.07, 6.45) is 7.13. The van der Waals surface area contributed by atoms with E-state index in [1.165, 1.54) is 53.8 Å². The third-order valence-corrected chi connectivity index (χ3v) is 7.89. The van der Waals surface area contributed by atoms with E-state index in [0.29, 0.717) is 6.54 Å². The first kappa shape index (κ1) is 27.0. The number of aromatic amines is 1. The van der Waals surface area contributed by atoms with Crippen molar-refractivity contribution in [3.8, 4) is 11.5 Å². The molecule has 5 nitrogen and oxygen atoms in total. The smallest absolute Gasteiger partial charge is 0.162 e. The molecule has 4 aromatic rings. The van der Waals surface area contributed by atoms with Gasteiger partial charge in [0.05, 0.1) is 38.0 Å². The third-order valence-electron chi connectivity index (χ3n) is 7.89. The molecule has 5 rings (SSSR count). The molecule has 0 bridgehead atoms. The summed E-state index contributed by atoms with van der Waals surface area (Å²) in [5, 5.41) is 1.16. The summed E-state index contributed by atoms with van der Waals surface area (Å²) in [5.74, 6) is 1.49. The number of rotatable bonds is 12. The molecule has 0 saturated heterocycles. The van der Waals surface area contributed by atoms with Gasteiger partial charge in [-0.3, -0.25) is 9.89 Å². The molecule has 0 amide bonds. The number of benzene rings is 3. The first-order chi connectivity index (χ1) is 19.2. The van der Waals surface area contributed by atoms with Gasteiger partial charge in [-0.2, -0.15) is 0 Å². The summed E-state index contributed by atoms with van der Waals surface area (Å²) in [5.41, 5.74) is 7.35. The van der Waals surface area contributed by atoms with Crippen molar-refractivity contribution in [2.24, 2.45) is 4.99 Å². The van der Waals surface area contributed by atoms with Crippen molar-refractivity contribution < 1.29 is 9.47 Å². The third kappa shape index (κ3) is 6.20. The highest BCUT2D eigenvalue weighted by Crippen LogP contribution is 2.38. The Morgan fingerprint density at radius 2 is 1.56 bits per heavy atom.